The van der Waals surface area contributed by atoms with Crippen molar-refractivity contribution >= 4 is 0 Å². The van der Waals surface area contributed by atoms with E-state index in [0.717, 1.165) is 45.3 Å². The van der Waals surface area contributed by atoms with Gasteiger partial charge >= 0.3 is 0 Å². The zero-order valence-electron chi connectivity index (χ0n) is 21.6. The number of aliphatic hydroxyl groups excluding tert-OH is 1. The van der Waals surface area contributed by atoms with Crippen LogP contribution in [0.3, 0.4) is 0 Å². The molecule has 1 N–H and O–H groups in total. The van der Waals surface area contributed by atoms with Crippen LogP contribution in [0, 0.1) is 0 Å². The van der Waals surface area contributed by atoms with E-state index in [4.69, 9.17) is 33.5 Å². The molecule has 0 amide bonds. The second-order valence-electron chi connectivity index (χ2n) is 8.29. The van der Waals surface area contributed by atoms with E-state index < -0.39 is 0 Å². The molecule has 0 aromatic carbocycles. The molecule has 0 aliphatic heterocycles. The maximum absolute atomic E-state index is 8.69. The minimum absolute atomic E-state index is 0.284. The lowest BCUT2D eigenvalue weighted by Gasteiger charge is -2.08. The Morgan fingerprint density at radius 2 is 0.606 bits per heavy atom. The van der Waals surface area contributed by atoms with Crippen molar-refractivity contribution in [2.24, 2.45) is 0 Å². The van der Waals surface area contributed by atoms with Crippen molar-refractivity contribution in [3.8, 4) is 0 Å². The van der Waals surface area contributed by atoms with E-state index in [2.05, 4.69) is 6.92 Å². The molecular formula is C26H54O7. The summed E-state index contributed by atoms with van der Waals surface area (Å²) in [7, 11) is 0. The van der Waals surface area contributed by atoms with Crippen LogP contribution in [0.15, 0.2) is 0 Å². The quantitative estimate of drug-likeness (QED) is 0.149. The predicted octanol–water partition coefficient (Wildman–Crippen LogP) is 4.78. The minimum Gasteiger partial charge on any atom is -0.396 e. The Balaban J connectivity index is 2.99. The second-order valence-corrected chi connectivity index (χ2v) is 8.29. The van der Waals surface area contributed by atoms with Crippen molar-refractivity contribution in [1.82, 2.24) is 0 Å². The maximum atomic E-state index is 8.69. The summed E-state index contributed by atoms with van der Waals surface area (Å²) in [5.41, 5.74) is 0. The van der Waals surface area contributed by atoms with Crippen molar-refractivity contribution in [2.75, 3.05) is 85.9 Å². The zero-order valence-corrected chi connectivity index (χ0v) is 21.6. The van der Waals surface area contributed by atoms with Crippen LogP contribution in [0.1, 0.15) is 84.0 Å². The number of ether oxygens (including phenoxy) is 6. The molecule has 0 aliphatic carbocycles. The summed E-state index contributed by atoms with van der Waals surface area (Å²) in [5.74, 6) is 0. The minimum atomic E-state index is 0.284. The monoisotopic (exact) mass is 478 g/mol. The zero-order chi connectivity index (χ0) is 23.9. The van der Waals surface area contributed by atoms with Crippen LogP contribution in [0.5, 0.6) is 0 Å². The fraction of sp³-hybridized carbons (Fsp3) is 1.00. The molecule has 0 bridgehead atoms. The summed E-state index contributed by atoms with van der Waals surface area (Å²) in [6.45, 7) is 10.1. The molecule has 0 spiro atoms. The highest BCUT2D eigenvalue weighted by atomic mass is 16.6. The largest absolute Gasteiger partial charge is 0.396 e. The molecule has 7 nitrogen and oxygen atoms in total. The molecular weight excluding hydrogens is 424 g/mol. The molecule has 0 atom stereocenters. The summed E-state index contributed by atoms with van der Waals surface area (Å²) in [6, 6.07) is 0. The van der Waals surface area contributed by atoms with Gasteiger partial charge in [0.1, 0.15) is 0 Å². The number of aliphatic hydroxyl groups is 1. The summed E-state index contributed by atoms with van der Waals surface area (Å²) in [6.07, 6.45) is 14.7. The SMILES string of the molecule is CCCCCCCCCCOCCOCCOCCOCCOCCOCCCCCCO. The number of hydrogen-bond donors (Lipinski definition) is 1. The predicted molar refractivity (Wildman–Crippen MR) is 133 cm³/mol. The average Bonchev–Trinajstić information content (AvgIpc) is 2.83. The highest BCUT2D eigenvalue weighted by molar-refractivity contribution is 4.46. The lowest BCUT2D eigenvalue weighted by molar-refractivity contribution is -0.0169. The molecule has 0 saturated heterocycles. The van der Waals surface area contributed by atoms with Gasteiger partial charge in [0.25, 0.3) is 0 Å². The van der Waals surface area contributed by atoms with Crippen molar-refractivity contribution in [2.45, 2.75) is 84.0 Å². The third-order valence-electron chi connectivity index (χ3n) is 5.20. The Morgan fingerprint density at radius 1 is 0.333 bits per heavy atom. The van der Waals surface area contributed by atoms with Crippen LogP contribution < -0.4 is 0 Å². The van der Waals surface area contributed by atoms with Crippen LogP contribution in [0.25, 0.3) is 0 Å². The van der Waals surface area contributed by atoms with Gasteiger partial charge < -0.3 is 33.5 Å². The highest BCUT2D eigenvalue weighted by Gasteiger charge is 1.96. The summed E-state index contributed by atoms with van der Waals surface area (Å²) in [4.78, 5) is 0. The van der Waals surface area contributed by atoms with Gasteiger partial charge in [0.05, 0.1) is 66.1 Å². The van der Waals surface area contributed by atoms with Crippen molar-refractivity contribution in [3.63, 3.8) is 0 Å². The molecule has 0 radical (unpaired) electrons. The summed E-state index contributed by atoms with van der Waals surface area (Å²) >= 11 is 0. The molecule has 0 aliphatic rings. The molecule has 0 rings (SSSR count). The lowest BCUT2D eigenvalue weighted by atomic mass is 10.1. The lowest BCUT2D eigenvalue weighted by Crippen LogP contribution is -2.14. The standard InChI is InChI=1S/C26H54O7/c1-2-3-4-5-6-7-9-12-15-28-17-19-30-21-23-32-25-26-33-24-22-31-20-18-29-16-13-10-8-11-14-27/h27H,2-26H2,1H3. The molecule has 0 aromatic heterocycles. The molecule has 0 saturated carbocycles. The molecule has 0 aromatic rings. The van der Waals surface area contributed by atoms with Crippen LogP contribution in [0.2, 0.25) is 0 Å². The molecule has 0 unspecified atom stereocenters. The topological polar surface area (TPSA) is 75.6 Å². The van der Waals surface area contributed by atoms with Gasteiger partial charge in [0.15, 0.2) is 0 Å². The molecule has 7 heteroatoms. The van der Waals surface area contributed by atoms with Gasteiger partial charge in [0, 0.05) is 19.8 Å². The molecule has 0 fully saturated rings. The van der Waals surface area contributed by atoms with E-state index in [9.17, 15) is 0 Å². The van der Waals surface area contributed by atoms with Crippen LogP contribution in [-0.4, -0.2) is 91.0 Å². The van der Waals surface area contributed by atoms with Crippen LogP contribution in [0.4, 0.5) is 0 Å². The fourth-order valence-electron chi connectivity index (χ4n) is 3.21. The number of hydrogen-bond acceptors (Lipinski definition) is 7. The van der Waals surface area contributed by atoms with Gasteiger partial charge in [-0.2, -0.15) is 0 Å². The average molecular weight is 479 g/mol. The Labute approximate surface area is 203 Å². The third-order valence-corrected chi connectivity index (χ3v) is 5.20. The van der Waals surface area contributed by atoms with E-state index in [1.54, 1.807) is 0 Å². The fourth-order valence-corrected chi connectivity index (χ4v) is 3.21. The first-order valence-electron chi connectivity index (χ1n) is 13.5. The molecule has 33 heavy (non-hydrogen) atoms. The van der Waals surface area contributed by atoms with E-state index in [-0.39, 0.29) is 6.61 Å². The summed E-state index contributed by atoms with van der Waals surface area (Å²) < 4.78 is 33.0. The second kappa shape index (κ2) is 31.7. The number of unbranched alkanes of at least 4 members (excludes halogenated alkanes) is 10. The van der Waals surface area contributed by atoms with Crippen LogP contribution in [-0.2, 0) is 28.4 Å². The Morgan fingerprint density at radius 3 is 0.939 bits per heavy atom. The van der Waals surface area contributed by atoms with Gasteiger partial charge in [-0.15, -0.1) is 0 Å². The van der Waals surface area contributed by atoms with Crippen LogP contribution >= 0.6 is 0 Å². The van der Waals surface area contributed by atoms with Crippen molar-refractivity contribution in [3.05, 3.63) is 0 Å². The van der Waals surface area contributed by atoms with Gasteiger partial charge in [0.2, 0.25) is 0 Å². The van der Waals surface area contributed by atoms with Crippen molar-refractivity contribution in [1.29, 1.82) is 0 Å². The first-order valence-corrected chi connectivity index (χ1v) is 13.5. The van der Waals surface area contributed by atoms with E-state index in [0.29, 0.717) is 66.1 Å². The van der Waals surface area contributed by atoms with E-state index in [1.165, 1.54) is 44.9 Å². The Kier molecular flexibility index (Phi) is 31.5. The van der Waals surface area contributed by atoms with Gasteiger partial charge in [-0.3, -0.25) is 0 Å². The molecule has 0 heterocycles. The smallest absolute Gasteiger partial charge is 0.0701 e. The Hall–Kier alpha value is -0.280. The first-order chi connectivity index (χ1) is 16.4. The normalized spacial score (nSPS) is 11.5. The summed E-state index contributed by atoms with van der Waals surface area (Å²) in [5, 5.41) is 8.69. The van der Waals surface area contributed by atoms with E-state index in [1.807, 2.05) is 0 Å². The maximum Gasteiger partial charge on any atom is 0.0701 e. The van der Waals surface area contributed by atoms with Crippen molar-refractivity contribution < 1.29 is 33.5 Å². The Bertz CT molecular complexity index is 302. The van der Waals surface area contributed by atoms with E-state index >= 15 is 0 Å². The van der Waals surface area contributed by atoms with Gasteiger partial charge in [-0.05, 0) is 19.3 Å². The van der Waals surface area contributed by atoms with Gasteiger partial charge in [-0.25, -0.2) is 0 Å². The highest BCUT2D eigenvalue weighted by Crippen LogP contribution is 2.08. The van der Waals surface area contributed by atoms with Gasteiger partial charge in [-0.1, -0.05) is 64.7 Å². The number of rotatable bonds is 30. The first kappa shape index (κ1) is 32.7. The third kappa shape index (κ3) is 31.7. The molecule has 200 valence electrons.